The van der Waals surface area contributed by atoms with Gasteiger partial charge in [-0.15, -0.1) is 0 Å². The molecule has 30 heavy (non-hydrogen) atoms. The van der Waals surface area contributed by atoms with Crippen LogP contribution in [0, 0.1) is 0 Å². The highest BCUT2D eigenvalue weighted by Crippen LogP contribution is 2.34. The number of fused-ring (bicyclic) bond motifs is 1. The highest BCUT2D eigenvalue weighted by atomic mass is 19.4. The van der Waals surface area contributed by atoms with E-state index in [2.05, 4.69) is 40.8 Å². The van der Waals surface area contributed by atoms with Crippen molar-refractivity contribution in [3.05, 3.63) is 71.9 Å². The Labute approximate surface area is 176 Å². The largest absolute Gasteiger partial charge is 0.416 e. The fourth-order valence-corrected chi connectivity index (χ4v) is 3.80. The third-order valence-corrected chi connectivity index (χ3v) is 5.65. The monoisotopic (exact) mass is 415 g/mol. The van der Waals surface area contributed by atoms with Crippen LogP contribution >= 0.6 is 0 Å². The molecular weight excluding hydrogens is 387 g/mol. The summed E-state index contributed by atoms with van der Waals surface area (Å²) in [5, 5.41) is 0.727. The maximum atomic E-state index is 13.1. The van der Waals surface area contributed by atoms with Crippen LogP contribution in [0.1, 0.15) is 25.0 Å². The highest BCUT2D eigenvalue weighted by molar-refractivity contribution is 5.92. The number of alkyl halides is 3. The summed E-state index contributed by atoms with van der Waals surface area (Å²) in [4.78, 5) is 8.75. The standard InChI is InChI=1S/C24H28F3N3/c1-4-30(5-2)17-20(15-18-9-7-6-8-10-18)29(3)23-13-14-28-22-16-19(24(25,26)27)11-12-21(22)23/h6-14,16,20H,4-5,15,17H2,1-3H3. The molecule has 160 valence electrons. The average Bonchev–Trinajstić information content (AvgIpc) is 2.75. The molecule has 0 aliphatic carbocycles. The van der Waals surface area contributed by atoms with Gasteiger partial charge in [-0.05, 0) is 43.3 Å². The molecule has 1 atom stereocenters. The van der Waals surface area contributed by atoms with E-state index in [4.69, 9.17) is 0 Å². The molecule has 0 radical (unpaired) electrons. The molecule has 6 heteroatoms. The molecule has 0 aliphatic heterocycles. The minimum absolute atomic E-state index is 0.167. The number of aromatic nitrogens is 1. The van der Waals surface area contributed by atoms with Crippen molar-refractivity contribution in [3.8, 4) is 0 Å². The molecule has 0 saturated carbocycles. The molecule has 0 aliphatic rings. The molecular formula is C24H28F3N3. The predicted octanol–water partition coefficient (Wildman–Crippen LogP) is 5.64. The summed E-state index contributed by atoms with van der Waals surface area (Å²) in [5.41, 5.74) is 1.81. The first kappa shape index (κ1) is 22.1. The van der Waals surface area contributed by atoms with Crippen LogP contribution in [0.25, 0.3) is 10.9 Å². The van der Waals surface area contributed by atoms with Gasteiger partial charge in [0, 0.05) is 36.9 Å². The van der Waals surface area contributed by atoms with E-state index in [0.29, 0.717) is 5.52 Å². The van der Waals surface area contributed by atoms with Crippen LogP contribution in [0.3, 0.4) is 0 Å². The molecule has 0 spiro atoms. The zero-order valence-corrected chi connectivity index (χ0v) is 17.7. The van der Waals surface area contributed by atoms with E-state index >= 15 is 0 Å². The lowest BCUT2D eigenvalue weighted by molar-refractivity contribution is -0.137. The van der Waals surface area contributed by atoms with Crippen LogP contribution in [0.2, 0.25) is 0 Å². The summed E-state index contributed by atoms with van der Waals surface area (Å²) in [6.45, 7) is 7.04. The van der Waals surface area contributed by atoms with Gasteiger partial charge in [0.25, 0.3) is 0 Å². The quantitative estimate of drug-likeness (QED) is 0.474. The molecule has 0 N–H and O–H groups in total. The molecule has 3 nitrogen and oxygen atoms in total. The van der Waals surface area contributed by atoms with Crippen molar-refractivity contribution in [1.29, 1.82) is 0 Å². The molecule has 0 saturated heterocycles. The van der Waals surface area contributed by atoms with Gasteiger partial charge in [-0.1, -0.05) is 50.2 Å². The first-order valence-electron chi connectivity index (χ1n) is 10.3. The maximum Gasteiger partial charge on any atom is 0.416 e. The summed E-state index contributed by atoms with van der Waals surface area (Å²) in [6.07, 6.45) is -1.94. The van der Waals surface area contributed by atoms with Crippen molar-refractivity contribution in [2.75, 3.05) is 31.6 Å². The van der Waals surface area contributed by atoms with E-state index in [0.717, 1.165) is 49.3 Å². The zero-order valence-electron chi connectivity index (χ0n) is 17.7. The Hall–Kier alpha value is -2.60. The number of halogens is 3. The second-order valence-corrected chi connectivity index (χ2v) is 7.50. The van der Waals surface area contributed by atoms with Gasteiger partial charge in [0.05, 0.1) is 11.1 Å². The number of benzene rings is 2. The summed E-state index contributed by atoms with van der Waals surface area (Å²) in [7, 11) is 2.02. The van der Waals surface area contributed by atoms with E-state index in [1.165, 1.54) is 11.6 Å². The lowest BCUT2D eigenvalue weighted by Gasteiger charge is -2.34. The number of rotatable bonds is 8. The number of anilines is 1. The lowest BCUT2D eigenvalue weighted by Crippen LogP contribution is -2.43. The fourth-order valence-electron chi connectivity index (χ4n) is 3.80. The van der Waals surface area contributed by atoms with E-state index in [-0.39, 0.29) is 6.04 Å². The van der Waals surface area contributed by atoms with E-state index < -0.39 is 11.7 Å². The van der Waals surface area contributed by atoms with Crippen molar-refractivity contribution in [2.45, 2.75) is 32.5 Å². The number of hydrogen-bond acceptors (Lipinski definition) is 3. The molecule has 1 unspecified atom stereocenters. The molecule has 1 heterocycles. The fraction of sp³-hybridized carbons (Fsp3) is 0.375. The maximum absolute atomic E-state index is 13.1. The van der Waals surface area contributed by atoms with Gasteiger partial charge < -0.3 is 9.80 Å². The smallest absolute Gasteiger partial charge is 0.369 e. The van der Waals surface area contributed by atoms with Gasteiger partial charge in [-0.2, -0.15) is 13.2 Å². The second-order valence-electron chi connectivity index (χ2n) is 7.50. The first-order valence-corrected chi connectivity index (χ1v) is 10.3. The van der Waals surface area contributed by atoms with Crippen molar-refractivity contribution in [1.82, 2.24) is 9.88 Å². The average molecular weight is 416 g/mol. The van der Waals surface area contributed by atoms with Crippen LogP contribution in [0.15, 0.2) is 60.8 Å². The topological polar surface area (TPSA) is 19.4 Å². The van der Waals surface area contributed by atoms with Crippen molar-refractivity contribution in [3.63, 3.8) is 0 Å². The number of likely N-dealkylation sites (N-methyl/N-ethyl adjacent to an activating group) is 2. The van der Waals surface area contributed by atoms with Crippen LogP contribution in [-0.2, 0) is 12.6 Å². The van der Waals surface area contributed by atoms with Gasteiger partial charge in [0.1, 0.15) is 0 Å². The van der Waals surface area contributed by atoms with Crippen molar-refractivity contribution in [2.24, 2.45) is 0 Å². The number of pyridine rings is 1. The van der Waals surface area contributed by atoms with Gasteiger partial charge in [-0.25, -0.2) is 0 Å². The predicted molar refractivity (Wildman–Crippen MR) is 117 cm³/mol. The lowest BCUT2D eigenvalue weighted by atomic mass is 10.0. The SMILES string of the molecule is CCN(CC)CC(Cc1ccccc1)N(C)c1ccnc2cc(C(F)(F)F)ccc12. The van der Waals surface area contributed by atoms with Gasteiger partial charge in [-0.3, -0.25) is 4.98 Å². The second kappa shape index (κ2) is 9.47. The highest BCUT2D eigenvalue weighted by Gasteiger charge is 2.31. The Balaban J connectivity index is 1.98. The van der Waals surface area contributed by atoms with E-state index in [1.807, 2.05) is 31.3 Å². The van der Waals surface area contributed by atoms with Crippen LogP contribution in [0.5, 0.6) is 0 Å². The minimum atomic E-state index is -4.38. The normalized spacial score (nSPS) is 13.0. The summed E-state index contributed by atoms with van der Waals surface area (Å²) in [6, 6.07) is 16.1. The molecule has 1 aromatic heterocycles. The number of hydrogen-bond donors (Lipinski definition) is 0. The summed E-state index contributed by atoms with van der Waals surface area (Å²) < 4.78 is 39.4. The van der Waals surface area contributed by atoms with Crippen LogP contribution in [0.4, 0.5) is 18.9 Å². The first-order chi connectivity index (χ1) is 14.3. The molecule has 0 fully saturated rings. The number of nitrogens with zero attached hydrogens (tertiary/aromatic N) is 3. The zero-order chi connectivity index (χ0) is 21.7. The van der Waals surface area contributed by atoms with Gasteiger partial charge >= 0.3 is 6.18 Å². The Morgan fingerprint density at radius 2 is 1.67 bits per heavy atom. The molecule has 3 aromatic rings. The van der Waals surface area contributed by atoms with Gasteiger partial charge in [0.2, 0.25) is 0 Å². The Bertz CT molecular complexity index is 953. The van der Waals surface area contributed by atoms with Crippen molar-refractivity contribution < 1.29 is 13.2 Å². The third-order valence-electron chi connectivity index (χ3n) is 5.65. The Morgan fingerprint density at radius 1 is 0.967 bits per heavy atom. The molecule has 3 rings (SSSR count). The Morgan fingerprint density at radius 3 is 2.30 bits per heavy atom. The van der Waals surface area contributed by atoms with Gasteiger partial charge in [0.15, 0.2) is 0 Å². The van der Waals surface area contributed by atoms with E-state index in [1.54, 1.807) is 6.20 Å². The summed E-state index contributed by atoms with van der Waals surface area (Å²) >= 11 is 0. The van der Waals surface area contributed by atoms with Crippen LogP contribution < -0.4 is 4.90 Å². The molecule has 2 aromatic carbocycles. The minimum Gasteiger partial charge on any atom is -0.369 e. The van der Waals surface area contributed by atoms with Crippen molar-refractivity contribution >= 4 is 16.6 Å². The third kappa shape index (κ3) is 5.11. The molecule has 0 amide bonds. The molecule has 0 bridgehead atoms. The van der Waals surface area contributed by atoms with Crippen LogP contribution in [-0.4, -0.2) is 42.6 Å². The Kier molecular flexibility index (Phi) is 6.98. The van der Waals surface area contributed by atoms with E-state index in [9.17, 15) is 13.2 Å². The summed E-state index contributed by atoms with van der Waals surface area (Å²) in [5.74, 6) is 0.